The first-order chi connectivity index (χ1) is 7.65. The number of thioether (sulfide) groups is 1. The van der Waals surface area contributed by atoms with E-state index in [2.05, 4.69) is 15.1 Å². The smallest absolute Gasteiger partial charge is 0.317 e. The molecule has 3 rings (SSSR count). The molecule has 2 aromatic rings. The van der Waals surface area contributed by atoms with Gasteiger partial charge >= 0.3 is 5.97 Å². The van der Waals surface area contributed by atoms with Crippen molar-refractivity contribution in [2.75, 3.05) is 0 Å². The maximum atomic E-state index is 11.0. The first-order valence-corrected chi connectivity index (χ1v) is 5.55. The topological polar surface area (TPSA) is 89.1 Å². The quantitative estimate of drug-likeness (QED) is 0.741. The van der Waals surface area contributed by atoms with Crippen LogP contribution in [-0.4, -0.2) is 31.5 Å². The number of hydrogen-bond donors (Lipinski definition) is 1. The van der Waals surface area contributed by atoms with Crippen molar-refractivity contribution >= 4 is 28.8 Å². The first-order valence-electron chi connectivity index (χ1n) is 4.67. The summed E-state index contributed by atoms with van der Waals surface area (Å²) in [5.41, 5.74) is 1.07. The van der Waals surface area contributed by atoms with Crippen LogP contribution in [0, 0.1) is 6.92 Å². The van der Waals surface area contributed by atoms with Crippen molar-refractivity contribution in [1.82, 2.24) is 15.1 Å². The van der Waals surface area contributed by atoms with Crippen LogP contribution in [0.15, 0.2) is 9.55 Å². The molecule has 0 fully saturated rings. The largest absolute Gasteiger partial charge is 0.480 e. The molecule has 0 saturated heterocycles. The molecule has 0 spiro atoms. The fourth-order valence-electron chi connectivity index (χ4n) is 1.69. The molecule has 3 heterocycles. The number of aromatic nitrogens is 3. The third-order valence-electron chi connectivity index (χ3n) is 2.39. The zero-order valence-corrected chi connectivity index (χ0v) is 9.11. The normalized spacial score (nSPS) is 18.9. The Balaban J connectivity index is 2.22. The van der Waals surface area contributed by atoms with E-state index in [9.17, 15) is 4.79 Å². The van der Waals surface area contributed by atoms with Gasteiger partial charge in [0.15, 0.2) is 0 Å². The van der Waals surface area contributed by atoms with Gasteiger partial charge in [0.2, 0.25) is 0 Å². The van der Waals surface area contributed by atoms with Gasteiger partial charge in [0, 0.05) is 6.42 Å². The van der Waals surface area contributed by atoms with Crippen LogP contribution in [0.25, 0.3) is 11.1 Å². The van der Waals surface area contributed by atoms with Gasteiger partial charge in [-0.1, -0.05) is 16.9 Å². The standard InChI is InChI=1S/C9H7N3O3S/c1-3-10-7-6-4(12-15-7)2-5(9(13)14)16-8(6)11-3/h5H,2H2,1H3,(H,13,14). The lowest BCUT2D eigenvalue weighted by atomic mass is 10.2. The van der Waals surface area contributed by atoms with E-state index in [0.717, 1.165) is 5.39 Å². The summed E-state index contributed by atoms with van der Waals surface area (Å²) in [6, 6.07) is 0. The van der Waals surface area contributed by atoms with Gasteiger partial charge in [-0.3, -0.25) is 4.79 Å². The zero-order valence-electron chi connectivity index (χ0n) is 8.30. The highest BCUT2D eigenvalue weighted by atomic mass is 32.2. The second kappa shape index (κ2) is 3.18. The van der Waals surface area contributed by atoms with Crippen molar-refractivity contribution in [2.45, 2.75) is 23.6 Å². The average Bonchev–Trinajstić information content (AvgIpc) is 2.62. The van der Waals surface area contributed by atoms with Crippen molar-refractivity contribution < 1.29 is 14.4 Å². The Labute approximate surface area is 94.1 Å². The molecule has 0 saturated carbocycles. The lowest BCUT2D eigenvalue weighted by molar-refractivity contribution is -0.136. The Bertz CT molecular complexity index is 595. The number of carbonyl (C=O) groups is 1. The molecule has 0 bridgehead atoms. The second-order valence-corrected chi connectivity index (χ2v) is 4.73. The Hall–Kier alpha value is -1.63. The minimum Gasteiger partial charge on any atom is -0.480 e. The number of nitrogens with zero attached hydrogens (tertiary/aromatic N) is 3. The van der Waals surface area contributed by atoms with Crippen LogP contribution in [0.2, 0.25) is 0 Å². The van der Waals surface area contributed by atoms with Crippen molar-refractivity contribution in [3.63, 3.8) is 0 Å². The van der Waals surface area contributed by atoms with Crippen LogP contribution in [0.5, 0.6) is 0 Å². The van der Waals surface area contributed by atoms with E-state index in [0.29, 0.717) is 28.7 Å². The number of carboxylic acid groups (broad SMARTS) is 1. The van der Waals surface area contributed by atoms with Gasteiger partial charge in [-0.25, -0.2) is 4.98 Å². The Morgan fingerprint density at radius 1 is 1.56 bits per heavy atom. The van der Waals surface area contributed by atoms with Crippen molar-refractivity contribution in [3.05, 3.63) is 11.5 Å². The van der Waals surface area contributed by atoms with Gasteiger partial charge in [-0.15, -0.1) is 0 Å². The molecule has 0 aliphatic carbocycles. The van der Waals surface area contributed by atoms with Crippen LogP contribution in [0.4, 0.5) is 0 Å². The van der Waals surface area contributed by atoms with Crippen LogP contribution < -0.4 is 0 Å². The fourth-order valence-corrected chi connectivity index (χ4v) is 2.81. The highest BCUT2D eigenvalue weighted by Gasteiger charge is 2.31. The molecule has 0 aromatic carbocycles. The summed E-state index contributed by atoms with van der Waals surface area (Å²) in [6.45, 7) is 1.74. The maximum Gasteiger partial charge on any atom is 0.317 e. The molecule has 16 heavy (non-hydrogen) atoms. The van der Waals surface area contributed by atoms with Crippen LogP contribution >= 0.6 is 11.8 Å². The summed E-state index contributed by atoms with van der Waals surface area (Å²) in [6.07, 6.45) is 0.354. The molecule has 0 radical (unpaired) electrons. The Kier molecular flexibility index (Phi) is 1.90. The number of aliphatic carboxylic acids is 1. The third-order valence-corrected chi connectivity index (χ3v) is 3.56. The predicted molar refractivity (Wildman–Crippen MR) is 55.3 cm³/mol. The summed E-state index contributed by atoms with van der Waals surface area (Å²) in [5, 5.41) is 13.7. The molecule has 1 aliphatic heterocycles. The summed E-state index contributed by atoms with van der Waals surface area (Å²) in [7, 11) is 0. The SMILES string of the molecule is Cc1nc2c3c(noc3n1)CC(C(=O)O)S2. The molecular weight excluding hydrogens is 230 g/mol. The highest BCUT2D eigenvalue weighted by Crippen LogP contribution is 2.37. The van der Waals surface area contributed by atoms with Crippen molar-refractivity contribution in [3.8, 4) is 0 Å². The molecule has 1 N–H and O–H groups in total. The van der Waals surface area contributed by atoms with Crippen molar-refractivity contribution in [1.29, 1.82) is 0 Å². The molecule has 6 nitrogen and oxygen atoms in total. The maximum absolute atomic E-state index is 11.0. The minimum absolute atomic E-state index is 0.354. The second-order valence-electron chi connectivity index (χ2n) is 3.53. The molecule has 1 unspecified atom stereocenters. The lowest BCUT2D eigenvalue weighted by Crippen LogP contribution is -2.22. The van der Waals surface area contributed by atoms with E-state index in [4.69, 9.17) is 9.63 Å². The highest BCUT2D eigenvalue weighted by molar-refractivity contribution is 8.00. The van der Waals surface area contributed by atoms with Gasteiger partial charge in [0.1, 0.15) is 16.1 Å². The van der Waals surface area contributed by atoms with E-state index < -0.39 is 11.2 Å². The van der Waals surface area contributed by atoms with Gasteiger partial charge in [0.25, 0.3) is 5.71 Å². The first kappa shape index (κ1) is 9.59. The van der Waals surface area contributed by atoms with Crippen LogP contribution in [-0.2, 0) is 11.2 Å². The van der Waals surface area contributed by atoms with Gasteiger partial charge in [0.05, 0.1) is 11.1 Å². The molecule has 2 aromatic heterocycles. The van der Waals surface area contributed by atoms with E-state index >= 15 is 0 Å². The average molecular weight is 237 g/mol. The molecule has 1 aliphatic rings. The number of rotatable bonds is 1. The molecule has 82 valence electrons. The summed E-state index contributed by atoms with van der Waals surface area (Å²) >= 11 is 1.23. The fraction of sp³-hybridized carbons (Fsp3) is 0.333. The monoisotopic (exact) mass is 237 g/mol. The van der Waals surface area contributed by atoms with Crippen LogP contribution in [0.1, 0.15) is 11.5 Å². The van der Waals surface area contributed by atoms with Crippen molar-refractivity contribution in [2.24, 2.45) is 0 Å². The predicted octanol–water partition coefficient (Wildman–Crippen LogP) is 1.03. The van der Waals surface area contributed by atoms with Gasteiger partial charge < -0.3 is 9.63 Å². The number of aryl methyl sites for hydroxylation is 1. The molecular formula is C9H7N3O3S. The lowest BCUT2D eigenvalue weighted by Gasteiger charge is -2.15. The minimum atomic E-state index is -0.858. The summed E-state index contributed by atoms with van der Waals surface area (Å²) < 4.78 is 5.06. The Morgan fingerprint density at radius 3 is 3.12 bits per heavy atom. The van der Waals surface area contributed by atoms with Crippen LogP contribution in [0.3, 0.4) is 0 Å². The summed E-state index contributed by atoms with van der Waals surface area (Å²) in [4.78, 5) is 19.3. The van der Waals surface area contributed by atoms with E-state index in [1.54, 1.807) is 6.92 Å². The van der Waals surface area contributed by atoms with Gasteiger partial charge in [-0.05, 0) is 6.92 Å². The summed E-state index contributed by atoms with van der Waals surface area (Å²) in [5.74, 6) is -0.299. The number of hydrogen-bond acceptors (Lipinski definition) is 6. The van der Waals surface area contributed by atoms with E-state index in [-0.39, 0.29) is 0 Å². The van der Waals surface area contributed by atoms with E-state index in [1.165, 1.54) is 11.8 Å². The Morgan fingerprint density at radius 2 is 2.38 bits per heavy atom. The third kappa shape index (κ3) is 1.28. The molecule has 7 heteroatoms. The van der Waals surface area contributed by atoms with Gasteiger partial charge in [-0.2, -0.15) is 4.98 Å². The molecule has 1 atom stereocenters. The van der Waals surface area contributed by atoms with E-state index in [1.807, 2.05) is 0 Å². The zero-order chi connectivity index (χ0) is 11.3. The number of carboxylic acids is 1. The molecule has 0 amide bonds.